The van der Waals surface area contributed by atoms with Gasteiger partial charge in [-0.15, -0.1) is 0 Å². The van der Waals surface area contributed by atoms with Gasteiger partial charge in [-0.05, 0) is 49.4 Å². The lowest BCUT2D eigenvalue weighted by molar-refractivity contribution is -0.0127. The molecule has 0 radical (unpaired) electrons. The number of hydrogen-bond donors (Lipinski definition) is 0. The Kier molecular flexibility index (Phi) is 5.86. The molecule has 5 heteroatoms. The van der Waals surface area contributed by atoms with Crippen molar-refractivity contribution in [3.8, 4) is 5.75 Å². The van der Waals surface area contributed by atoms with Gasteiger partial charge >= 0.3 is 0 Å². The third-order valence-corrected chi connectivity index (χ3v) is 4.74. The van der Waals surface area contributed by atoms with Gasteiger partial charge < -0.3 is 14.2 Å². The molecule has 0 N–H and O–H groups in total. The lowest BCUT2D eigenvalue weighted by Crippen LogP contribution is -2.40. The van der Waals surface area contributed by atoms with Crippen LogP contribution in [0.3, 0.4) is 0 Å². The van der Waals surface area contributed by atoms with Crippen LogP contribution < -0.4 is 4.74 Å². The molecule has 0 bridgehead atoms. The van der Waals surface area contributed by atoms with Crippen LogP contribution >= 0.6 is 0 Å². The van der Waals surface area contributed by atoms with Crippen LogP contribution in [0.1, 0.15) is 24.8 Å². The quantitative estimate of drug-likeness (QED) is 0.805. The first-order valence-corrected chi connectivity index (χ1v) is 8.52. The van der Waals surface area contributed by atoms with E-state index in [-0.39, 0.29) is 11.9 Å². The predicted molar refractivity (Wildman–Crippen MR) is 86.4 cm³/mol. The highest BCUT2D eigenvalue weighted by atomic mass is 19.1. The predicted octanol–water partition coefficient (Wildman–Crippen LogP) is 2.65. The van der Waals surface area contributed by atoms with Gasteiger partial charge in [0, 0.05) is 19.6 Å². The maximum Gasteiger partial charge on any atom is 0.123 e. The minimum atomic E-state index is -0.210. The van der Waals surface area contributed by atoms with E-state index >= 15 is 0 Å². The number of halogens is 1. The molecule has 0 aromatic heterocycles. The molecule has 2 saturated heterocycles. The van der Waals surface area contributed by atoms with Crippen molar-refractivity contribution in [3.05, 3.63) is 29.6 Å². The van der Waals surface area contributed by atoms with Crippen molar-refractivity contribution >= 4 is 0 Å². The van der Waals surface area contributed by atoms with Gasteiger partial charge in [-0.3, -0.25) is 4.90 Å². The Bertz CT molecular complexity index is 505. The van der Waals surface area contributed by atoms with Crippen LogP contribution in [0.4, 0.5) is 4.39 Å². The van der Waals surface area contributed by atoms with Gasteiger partial charge in [-0.1, -0.05) is 0 Å². The van der Waals surface area contributed by atoms with E-state index in [1.54, 1.807) is 19.2 Å². The van der Waals surface area contributed by atoms with E-state index in [9.17, 15) is 4.39 Å². The van der Waals surface area contributed by atoms with Crippen molar-refractivity contribution < 1.29 is 18.6 Å². The van der Waals surface area contributed by atoms with Gasteiger partial charge in [0.2, 0.25) is 0 Å². The van der Waals surface area contributed by atoms with Crippen LogP contribution in [0.25, 0.3) is 0 Å². The van der Waals surface area contributed by atoms with E-state index in [1.807, 2.05) is 0 Å². The Morgan fingerprint density at radius 2 is 2.00 bits per heavy atom. The van der Waals surface area contributed by atoms with E-state index < -0.39 is 0 Å². The van der Waals surface area contributed by atoms with Crippen molar-refractivity contribution in [2.24, 2.45) is 0 Å². The summed E-state index contributed by atoms with van der Waals surface area (Å²) < 4.78 is 30.3. The summed E-state index contributed by atoms with van der Waals surface area (Å²) in [4.78, 5) is 2.42. The lowest BCUT2D eigenvalue weighted by Gasteiger charge is -2.28. The fraction of sp³-hybridized carbons (Fsp3) is 0.667. The van der Waals surface area contributed by atoms with Gasteiger partial charge in [-0.25, -0.2) is 4.39 Å². The van der Waals surface area contributed by atoms with Crippen molar-refractivity contribution in [1.29, 1.82) is 0 Å². The average Bonchev–Trinajstić information content (AvgIpc) is 3.01. The zero-order chi connectivity index (χ0) is 16.1. The van der Waals surface area contributed by atoms with E-state index in [0.717, 1.165) is 69.8 Å². The average molecular weight is 323 g/mol. The normalized spacial score (nSPS) is 25.7. The minimum Gasteiger partial charge on any atom is -0.496 e. The third kappa shape index (κ3) is 4.66. The SMILES string of the molecule is COc1ccc(F)cc1CCC1CCC(CN2CCOCC2)O1. The maximum absolute atomic E-state index is 13.4. The number of methoxy groups -OCH3 is 1. The molecule has 128 valence electrons. The second kappa shape index (κ2) is 8.08. The largest absolute Gasteiger partial charge is 0.496 e. The molecule has 2 fully saturated rings. The number of hydrogen-bond acceptors (Lipinski definition) is 4. The minimum absolute atomic E-state index is 0.210. The molecule has 3 rings (SSSR count). The van der Waals surface area contributed by atoms with E-state index in [1.165, 1.54) is 6.07 Å². The van der Waals surface area contributed by atoms with Crippen LogP contribution in [0.5, 0.6) is 5.75 Å². The molecule has 2 unspecified atom stereocenters. The Morgan fingerprint density at radius 1 is 1.22 bits per heavy atom. The third-order valence-electron chi connectivity index (χ3n) is 4.74. The summed E-state index contributed by atoms with van der Waals surface area (Å²) in [7, 11) is 1.63. The number of rotatable bonds is 6. The topological polar surface area (TPSA) is 30.9 Å². The fourth-order valence-electron chi connectivity index (χ4n) is 3.46. The van der Waals surface area contributed by atoms with Gasteiger partial charge in [0.1, 0.15) is 11.6 Å². The van der Waals surface area contributed by atoms with E-state index in [0.29, 0.717) is 6.10 Å². The molecule has 2 aliphatic heterocycles. The van der Waals surface area contributed by atoms with Crippen molar-refractivity contribution in [3.63, 3.8) is 0 Å². The monoisotopic (exact) mass is 323 g/mol. The summed E-state index contributed by atoms with van der Waals surface area (Å²) in [5.74, 6) is 0.549. The van der Waals surface area contributed by atoms with Gasteiger partial charge in [0.15, 0.2) is 0 Å². The van der Waals surface area contributed by atoms with Crippen LogP contribution in [0, 0.1) is 5.82 Å². The lowest BCUT2D eigenvalue weighted by atomic mass is 10.0. The van der Waals surface area contributed by atoms with Gasteiger partial charge in [0.25, 0.3) is 0 Å². The van der Waals surface area contributed by atoms with Crippen molar-refractivity contribution in [2.45, 2.75) is 37.9 Å². The van der Waals surface area contributed by atoms with Gasteiger partial charge in [-0.2, -0.15) is 0 Å². The van der Waals surface area contributed by atoms with Crippen molar-refractivity contribution in [1.82, 2.24) is 4.90 Å². The maximum atomic E-state index is 13.4. The molecular weight excluding hydrogens is 297 g/mol. The molecule has 4 nitrogen and oxygen atoms in total. The molecule has 2 atom stereocenters. The molecular formula is C18H26FNO3. The first kappa shape index (κ1) is 16.7. The molecule has 0 spiro atoms. The van der Waals surface area contributed by atoms with E-state index in [4.69, 9.17) is 14.2 Å². The molecule has 23 heavy (non-hydrogen) atoms. The highest BCUT2D eigenvalue weighted by molar-refractivity contribution is 5.34. The summed E-state index contributed by atoms with van der Waals surface area (Å²) in [6.45, 7) is 4.67. The first-order chi connectivity index (χ1) is 11.2. The Labute approximate surface area is 137 Å². The summed E-state index contributed by atoms with van der Waals surface area (Å²) in [6, 6.07) is 4.70. The number of ether oxygens (including phenoxy) is 3. The second-order valence-electron chi connectivity index (χ2n) is 6.37. The molecule has 1 aromatic rings. The van der Waals surface area contributed by atoms with E-state index in [2.05, 4.69) is 4.90 Å². The summed E-state index contributed by atoms with van der Waals surface area (Å²) in [5, 5.41) is 0. The summed E-state index contributed by atoms with van der Waals surface area (Å²) in [6.07, 6.45) is 4.51. The molecule has 0 aliphatic carbocycles. The standard InChI is InChI=1S/C18H26FNO3/c1-21-18-7-3-15(19)12-14(18)2-4-16-5-6-17(23-16)13-20-8-10-22-11-9-20/h3,7,12,16-17H,2,4-6,8-11,13H2,1H3. The molecule has 1 aromatic carbocycles. The molecule has 0 saturated carbocycles. The number of nitrogens with zero attached hydrogens (tertiary/aromatic N) is 1. The zero-order valence-electron chi connectivity index (χ0n) is 13.8. The smallest absolute Gasteiger partial charge is 0.123 e. The van der Waals surface area contributed by atoms with Crippen LogP contribution in [-0.4, -0.2) is 57.1 Å². The number of morpholine rings is 1. The molecule has 2 heterocycles. The zero-order valence-corrected chi connectivity index (χ0v) is 13.8. The number of aryl methyl sites for hydroxylation is 1. The second-order valence-corrected chi connectivity index (χ2v) is 6.37. The molecule has 2 aliphatic rings. The highest BCUT2D eigenvalue weighted by Gasteiger charge is 2.27. The Morgan fingerprint density at radius 3 is 2.78 bits per heavy atom. The van der Waals surface area contributed by atoms with Crippen LogP contribution in [0.2, 0.25) is 0 Å². The Hall–Kier alpha value is -1.17. The highest BCUT2D eigenvalue weighted by Crippen LogP contribution is 2.27. The van der Waals surface area contributed by atoms with Crippen LogP contribution in [-0.2, 0) is 15.9 Å². The van der Waals surface area contributed by atoms with Gasteiger partial charge in [0.05, 0.1) is 32.5 Å². The Balaban J connectivity index is 1.45. The van der Waals surface area contributed by atoms with Crippen molar-refractivity contribution in [2.75, 3.05) is 40.0 Å². The molecule has 0 amide bonds. The van der Waals surface area contributed by atoms with Crippen LogP contribution in [0.15, 0.2) is 18.2 Å². The first-order valence-electron chi connectivity index (χ1n) is 8.52. The number of benzene rings is 1. The summed E-state index contributed by atoms with van der Waals surface area (Å²) >= 11 is 0. The summed E-state index contributed by atoms with van der Waals surface area (Å²) in [5.41, 5.74) is 0.924. The fourth-order valence-corrected chi connectivity index (χ4v) is 3.46.